The zero-order valence-corrected chi connectivity index (χ0v) is 12.7. The van der Waals surface area contributed by atoms with Crippen LogP contribution in [0.3, 0.4) is 0 Å². The topological polar surface area (TPSA) is 44.4 Å². The number of nitrogens with one attached hydrogen (secondary N) is 2. The minimum absolute atomic E-state index is 0.0272. The molecule has 1 atom stereocenters. The summed E-state index contributed by atoms with van der Waals surface area (Å²) in [4.78, 5) is 14.6. The molecule has 0 spiro atoms. The summed E-state index contributed by atoms with van der Waals surface area (Å²) in [6, 6.07) is 6.15. The van der Waals surface area contributed by atoms with E-state index < -0.39 is 0 Å². The summed E-state index contributed by atoms with van der Waals surface area (Å²) in [5.41, 5.74) is 3.31. The predicted octanol–water partition coefficient (Wildman–Crippen LogP) is 1.75. The first-order valence-electron chi connectivity index (χ1n) is 7.49. The van der Waals surface area contributed by atoms with Gasteiger partial charge in [-0.05, 0) is 43.3 Å². The Hall–Kier alpha value is -1.39. The number of rotatable bonds is 6. The van der Waals surface area contributed by atoms with E-state index in [1.807, 2.05) is 12.1 Å². The lowest BCUT2D eigenvalue weighted by Gasteiger charge is -2.23. The molecule has 1 aliphatic heterocycles. The van der Waals surface area contributed by atoms with E-state index in [1.165, 1.54) is 11.1 Å². The second-order valence-electron chi connectivity index (χ2n) is 5.45. The largest absolute Gasteiger partial charge is 0.348 e. The van der Waals surface area contributed by atoms with Crippen molar-refractivity contribution in [3.05, 3.63) is 34.9 Å². The molecule has 2 rings (SSSR count). The van der Waals surface area contributed by atoms with Crippen LogP contribution in [0.15, 0.2) is 18.2 Å². The highest BCUT2D eigenvalue weighted by atomic mass is 16.1. The van der Waals surface area contributed by atoms with E-state index in [4.69, 9.17) is 0 Å². The van der Waals surface area contributed by atoms with E-state index in [1.54, 1.807) is 0 Å². The van der Waals surface area contributed by atoms with Gasteiger partial charge in [-0.2, -0.15) is 0 Å². The Balaban J connectivity index is 1.94. The van der Waals surface area contributed by atoms with Gasteiger partial charge < -0.3 is 15.5 Å². The predicted molar refractivity (Wildman–Crippen MR) is 81.7 cm³/mol. The Morgan fingerprint density at radius 1 is 1.30 bits per heavy atom. The van der Waals surface area contributed by atoms with E-state index in [2.05, 4.69) is 42.4 Å². The van der Waals surface area contributed by atoms with E-state index >= 15 is 0 Å². The lowest BCUT2D eigenvalue weighted by molar-refractivity contribution is 0.0930. The fourth-order valence-electron chi connectivity index (χ4n) is 2.66. The first kappa shape index (κ1) is 15.0. The third-order valence-corrected chi connectivity index (χ3v) is 3.90. The van der Waals surface area contributed by atoms with E-state index in [9.17, 15) is 4.79 Å². The quantitative estimate of drug-likeness (QED) is 0.831. The molecule has 0 saturated carbocycles. The van der Waals surface area contributed by atoms with Gasteiger partial charge in [0.1, 0.15) is 0 Å². The smallest absolute Gasteiger partial charge is 0.251 e. The highest BCUT2D eigenvalue weighted by Gasteiger charge is 2.15. The molecule has 4 nitrogen and oxygen atoms in total. The molecule has 20 heavy (non-hydrogen) atoms. The van der Waals surface area contributed by atoms with Gasteiger partial charge in [-0.1, -0.05) is 19.9 Å². The molecule has 0 saturated heterocycles. The number of hydrogen-bond donors (Lipinski definition) is 2. The molecule has 1 heterocycles. The fraction of sp³-hybridized carbons (Fsp3) is 0.562. The third kappa shape index (κ3) is 3.58. The Kier molecular flexibility index (Phi) is 5.15. The maximum absolute atomic E-state index is 12.3. The Morgan fingerprint density at radius 3 is 2.70 bits per heavy atom. The first-order valence-corrected chi connectivity index (χ1v) is 7.49. The van der Waals surface area contributed by atoms with Gasteiger partial charge in [0, 0.05) is 31.2 Å². The van der Waals surface area contributed by atoms with Crippen LogP contribution in [0, 0.1) is 0 Å². The second kappa shape index (κ2) is 6.86. The van der Waals surface area contributed by atoms with Crippen LogP contribution in [0.1, 0.15) is 42.3 Å². The third-order valence-electron chi connectivity index (χ3n) is 3.90. The number of fused-ring (bicyclic) bond motifs is 1. The molecule has 1 aromatic carbocycles. The summed E-state index contributed by atoms with van der Waals surface area (Å²) in [5, 5.41) is 6.38. The molecule has 1 unspecified atom stereocenters. The van der Waals surface area contributed by atoms with Crippen LogP contribution < -0.4 is 10.6 Å². The van der Waals surface area contributed by atoms with Crippen molar-refractivity contribution >= 4 is 5.91 Å². The maximum Gasteiger partial charge on any atom is 0.251 e. The zero-order chi connectivity index (χ0) is 14.5. The number of nitrogens with zero attached hydrogens (tertiary/aromatic N) is 1. The molecule has 110 valence electrons. The second-order valence-corrected chi connectivity index (χ2v) is 5.45. The van der Waals surface area contributed by atoms with Gasteiger partial charge in [0.25, 0.3) is 5.91 Å². The summed E-state index contributed by atoms with van der Waals surface area (Å²) in [5.74, 6) is 0.0272. The van der Waals surface area contributed by atoms with Gasteiger partial charge in [-0.25, -0.2) is 0 Å². The molecular formula is C16H25N3O. The van der Waals surface area contributed by atoms with E-state index in [0.29, 0.717) is 0 Å². The van der Waals surface area contributed by atoms with Gasteiger partial charge in [-0.3, -0.25) is 4.79 Å². The van der Waals surface area contributed by atoms with Crippen molar-refractivity contribution in [1.29, 1.82) is 0 Å². The van der Waals surface area contributed by atoms with Crippen LogP contribution in [0.4, 0.5) is 0 Å². The number of likely N-dealkylation sites (N-methyl/N-ethyl adjacent to an activating group) is 1. The fourth-order valence-corrected chi connectivity index (χ4v) is 2.66. The monoisotopic (exact) mass is 275 g/mol. The normalized spacial score (nSPS) is 15.2. The van der Waals surface area contributed by atoms with Crippen molar-refractivity contribution in [3.63, 3.8) is 0 Å². The molecule has 0 aromatic heterocycles. The molecular weight excluding hydrogens is 250 g/mol. The number of hydrogen-bond acceptors (Lipinski definition) is 3. The minimum atomic E-state index is 0.0272. The average molecular weight is 275 g/mol. The summed E-state index contributed by atoms with van der Waals surface area (Å²) < 4.78 is 0. The van der Waals surface area contributed by atoms with Crippen molar-refractivity contribution in [2.24, 2.45) is 0 Å². The van der Waals surface area contributed by atoms with Crippen LogP contribution in [-0.4, -0.2) is 36.5 Å². The van der Waals surface area contributed by atoms with Crippen molar-refractivity contribution in [2.45, 2.75) is 39.9 Å². The van der Waals surface area contributed by atoms with Crippen molar-refractivity contribution in [3.8, 4) is 0 Å². The highest BCUT2D eigenvalue weighted by molar-refractivity contribution is 5.94. The van der Waals surface area contributed by atoms with Gasteiger partial charge in [-0.15, -0.1) is 0 Å². The molecule has 1 amide bonds. The number of benzene rings is 1. The summed E-state index contributed by atoms with van der Waals surface area (Å²) in [7, 11) is 0. The van der Waals surface area contributed by atoms with E-state index in [-0.39, 0.29) is 11.9 Å². The maximum atomic E-state index is 12.3. The van der Waals surface area contributed by atoms with Crippen LogP contribution in [0.2, 0.25) is 0 Å². The molecule has 0 fully saturated rings. The average Bonchev–Trinajstić information content (AvgIpc) is 2.91. The molecule has 0 radical (unpaired) electrons. The number of amides is 1. The molecule has 2 N–H and O–H groups in total. The SMILES string of the molecule is CCN(CC)CC(C)NC(=O)c1ccc2c(c1)CNC2. The van der Waals surface area contributed by atoms with Crippen LogP contribution in [0.25, 0.3) is 0 Å². The molecule has 1 aliphatic rings. The minimum Gasteiger partial charge on any atom is -0.348 e. The molecule has 0 aliphatic carbocycles. The first-order chi connectivity index (χ1) is 9.63. The summed E-state index contributed by atoms with van der Waals surface area (Å²) in [6.45, 7) is 11.1. The standard InChI is InChI=1S/C16H25N3O/c1-4-19(5-2)11-12(3)18-16(20)13-6-7-14-9-17-10-15(14)8-13/h6-8,12,17H,4-5,9-11H2,1-3H3,(H,18,20). The van der Waals surface area contributed by atoms with Crippen LogP contribution in [0.5, 0.6) is 0 Å². The van der Waals surface area contributed by atoms with Crippen molar-refractivity contribution in [2.75, 3.05) is 19.6 Å². The highest BCUT2D eigenvalue weighted by Crippen LogP contribution is 2.17. The number of carbonyl (C=O) groups is 1. The van der Waals surface area contributed by atoms with Crippen LogP contribution in [-0.2, 0) is 13.1 Å². The summed E-state index contributed by atoms with van der Waals surface area (Å²) in [6.07, 6.45) is 0. The Morgan fingerprint density at radius 2 is 2.00 bits per heavy atom. The molecule has 1 aromatic rings. The van der Waals surface area contributed by atoms with Crippen LogP contribution >= 0.6 is 0 Å². The van der Waals surface area contributed by atoms with Gasteiger partial charge in [0.2, 0.25) is 0 Å². The molecule has 0 bridgehead atoms. The lowest BCUT2D eigenvalue weighted by atomic mass is 10.1. The van der Waals surface area contributed by atoms with Gasteiger partial charge >= 0.3 is 0 Å². The lowest BCUT2D eigenvalue weighted by Crippen LogP contribution is -2.41. The zero-order valence-electron chi connectivity index (χ0n) is 12.7. The molecule has 4 heteroatoms. The number of carbonyl (C=O) groups excluding carboxylic acids is 1. The van der Waals surface area contributed by atoms with Gasteiger partial charge in [0.15, 0.2) is 0 Å². The Labute approximate surface area is 121 Å². The summed E-state index contributed by atoms with van der Waals surface area (Å²) >= 11 is 0. The van der Waals surface area contributed by atoms with Crippen molar-refractivity contribution < 1.29 is 4.79 Å². The van der Waals surface area contributed by atoms with Gasteiger partial charge in [0.05, 0.1) is 0 Å². The van der Waals surface area contributed by atoms with Crippen molar-refractivity contribution in [1.82, 2.24) is 15.5 Å². The van der Waals surface area contributed by atoms with E-state index in [0.717, 1.165) is 38.3 Å². The Bertz CT molecular complexity index is 469.